The molecule has 0 spiro atoms. The van der Waals surface area contributed by atoms with Gasteiger partial charge in [0.25, 0.3) is 15.9 Å². The highest BCUT2D eigenvalue weighted by atomic mass is 35.5. The molecule has 0 radical (unpaired) electrons. The van der Waals surface area contributed by atoms with Gasteiger partial charge in [-0.25, -0.2) is 8.42 Å². The van der Waals surface area contributed by atoms with Gasteiger partial charge in [-0.15, -0.1) is 0 Å². The summed E-state index contributed by atoms with van der Waals surface area (Å²) in [7, 11) is -2.31. The van der Waals surface area contributed by atoms with Gasteiger partial charge in [-0.3, -0.25) is 13.9 Å². The van der Waals surface area contributed by atoms with Gasteiger partial charge in [0.15, 0.2) is 0 Å². The molecule has 0 aliphatic carbocycles. The highest BCUT2D eigenvalue weighted by Crippen LogP contribution is 2.25. The van der Waals surface area contributed by atoms with Gasteiger partial charge in [-0.2, -0.15) is 0 Å². The molecule has 9 heteroatoms. The Morgan fingerprint density at radius 1 is 0.970 bits per heavy atom. The maximum absolute atomic E-state index is 12.8. The zero-order valence-corrected chi connectivity index (χ0v) is 19.4. The second kappa shape index (κ2) is 9.25. The molecule has 3 aromatic rings. The van der Waals surface area contributed by atoms with E-state index in [0.717, 1.165) is 16.4 Å². The number of sulfonamides is 1. The van der Waals surface area contributed by atoms with Crippen molar-refractivity contribution in [2.75, 3.05) is 28.1 Å². The van der Waals surface area contributed by atoms with E-state index in [4.69, 9.17) is 11.6 Å². The third-order valence-corrected chi connectivity index (χ3v) is 7.53. The number of hydrogen-bond acceptors (Lipinski definition) is 4. The fourth-order valence-corrected chi connectivity index (χ4v) is 4.90. The summed E-state index contributed by atoms with van der Waals surface area (Å²) in [6, 6.07) is 19.3. The number of anilines is 3. The van der Waals surface area contributed by atoms with E-state index in [-0.39, 0.29) is 16.7 Å². The number of nitrogens with zero attached hydrogens (tertiary/aromatic N) is 2. The van der Waals surface area contributed by atoms with Crippen LogP contribution in [0, 0.1) is 0 Å². The lowest BCUT2D eigenvalue weighted by Crippen LogP contribution is -2.26. The van der Waals surface area contributed by atoms with E-state index >= 15 is 0 Å². The van der Waals surface area contributed by atoms with Gasteiger partial charge >= 0.3 is 0 Å². The van der Waals surface area contributed by atoms with Crippen molar-refractivity contribution in [2.24, 2.45) is 0 Å². The maximum atomic E-state index is 12.8. The van der Waals surface area contributed by atoms with Crippen LogP contribution in [0.25, 0.3) is 0 Å². The Kier molecular flexibility index (Phi) is 6.40. The first-order valence-electron chi connectivity index (χ1n) is 10.3. The zero-order valence-electron chi connectivity index (χ0n) is 17.9. The number of halogens is 1. The molecule has 0 atom stereocenters. The Balaban J connectivity index is 1.43. The minimum Gasteiger partial charge on any atom is -0.322 e. The molecular formula is C24H22ClN3O4S. The first-order valence-corrected chi connectivity index (χ1v) is 12.1. The number of nitrogens with one attached hydrogen (secondary N) is 1. The van der Waals surface area contributed by atoms with E-state index in [0.29, 0.717) is 34.9 Å². The molecular weight excluding hydrogens is 462 g/mol. The number of hydrogen-bond donors (Lipinski definition) is 1. The van der Waals surface area contributed by atoms with Crippen LogP contribution in [0.4, 0.5) is 17.1 Å². The SMILES string of the molecule is CN(c1ccc(C(=O)Nc2ccc(N3CCCC3=O)cc2)cc1)S(=O)(=O)c1ccc(Cl)cc1. The molecule has 0 saturated carbocycles. The summed E-state index contributed by atoms with van der Waals surface area (Å²) in [6.07, 6.45) is 1.41. The fourth-order valence-electron chi connectivity index (χ4n) is 3.58. The van der Waals surface area contributed by atoms with Crippen LogP contribution in [-0.2, 0) is 14.8 Å². The van der Waals surface area contributed by atoms with E-state index in [2.05, 4.69) is 5.32 Å². The summed E-state index contributed by atoms with van der Waals surface area (Å²) < 4.78 is 26.8. The summed E-state index contributed by atoms with van der Waals surface area (Å²) in [6.45, 7) is 0.707. The maximum Gasteiger partial charge on any atom is 0.264 e. The van der Waals surface area contributed by atoms with Crippen molar-refractivity contribution in [1.29, 1.82) is 0 Å². The number of benzene rings is 3. The Labute approximate surface area is 197 Å². The van der Waals surface area contributed by atoms with Crippen molar-refractivity contribution in [3.8, 4) is 0 Å². The quantitative estimate of drug-likeness (QED) is 0.557. The van der Waals surface area contributed by atoms with Crippen molar-refractivity contribution in [3.63, 3.8) is 0 Å². The standard InChI is InChI=1S/C24H22ClN3O4S/c1-27(33(31,32)22-14-6-18(25)7-15-22)20-10-4-17(5-11-20)24(30)26-19-8-12-21(13-9-19)28-16-2-3-23(28)29/h4-15H,2-3,16H2,1H3,(H,26,30). The predicted molar refractivity (Wildman–Crippen MR) is 129 cm³/mol. The number of carbonyl (C=O) groups excluding carboxylic acids is 2. The normalized spacial score (nSPS) is 13.8. The molecule has 1 heterocycles. The molecule has 4 rings (SSSR count). The van der Waals surface area contributed by atoms with Crippen molar-refractivity contribution >= 4 is 50.5 Å². The summed E-state index contributed by atoms with van der Waals surface area (Å²) >= 11 is 5.84. The number of rotatable bonds is 6. The Morgan fingerprint density at radius 2 is 1.61 bits per heavy atom. The first kappa shape index (κ1) is 22.8. The van der Waals surface area contributed by atoms with Crippen LogP contribution >= 0.6 is 11.6 Å². The van der Waals surface area contributed by atoms with Gasteiger partial charge in [-0.05, 0) is 79.2 Å². The number of amides is 2. The average Bonchev–Trinajstić information content (AvgIpc) is 3.25. The molecule has 170 valence electrons. The molecule has 1 N–H and O–H groups in total. The summed E-state index contributed by atoms with van der Waals surface area (Å²) in [5.41, 5.74) is 2.21. The van der Waals surface area contributed by atoms with Crippen LogP contribution in [0.2, 0.25) is 5.02 Å². The average molecular weight is 484 g/mol. The van der Waals surface area contributed by atoms with E-state index in [1.807, 2.05) is 0 Å². The second-order valence-corrected chi connectivity index (χ2v) is 10.0. The minimum atomic E-state index is -3.76. The van der Waals surface area contributed by atoms with Crippen LogP contribution < -0.4 is 14.5 Å². The number of carbonyl (C=O) groups is 2. The molecule has 7 nitrogen and oxygen atoms in total. The van der Waals surface area contributed by atoms with E-state index < -0.39 is 10.0 Å². The highest BCUT2D eigenvalue weighted by molar-refractivity contribution is 7.92. The lowest BCUT2D eigenvalue weighted by Gasteiger charge is -2.20. The largest absolute Gasteiger partial charge is 0.322 e. The van der Waals surface area contributed by atoms with Crippen molar-refractivity contribution in [2.45, 2.75) is 17.7 Å². The molecule has 1 aliphatic rings. The van der Waals surface area contributed by atoms with Crippen LogP contribution in [0.3, 0.4) is 0 Å². The first-order chi connectivity index (χ1) is 15.8. The topological polar surface area (TPSA) is 86.8 Å². The molecule has 1 saturated heterocycles. The van der Waals surface area contributed by atoms with Gasteiger partial charge < -0.3 is 10.2 Å². The lowest BCUT2D eigenvalue weighted by molar-refractivity contribution is -0.117. The van der Waals surface area contributed by atoms with Crippen molar-refractivity contribution < 1.29 is 18.0 Å². The lowest BCUT2D eigenvalue weighted by atomic mass is 10.2. The summed E-state index contributed by atoms with van der Waals surface area (Å²) in [4.78, 5) is 26.3. The molecule has 0 unspecified atom stereocenters. The smallest absolute Gasteiger partial charge is 0.264 e. The van der Waals surface area contributed by atoms with Crippen LogP contribution in [0.1, 0.15) is 23.2 Å². The fraction of sp³-hybridized carbons (Fsp3) is 0.167. The second-order valence-electron chi connectivity index (χ2n) is 7.62. The Hall–Kier alpha value is -3.36. The molecule has 0 aromatic heterocycles. The van der Waals surface area contributed by atoms with Gasteiger partial charge in [-0.1, -0.05) is 11.6 Å². The minimum absolute atomic E-state index is 0.106. The predicted octanol–water partition coefficient (Wildman–Crippen LogP) is 4.54. The summed E-state index contributed by atoms with van der Waals surface area (Å²) in [5.74, 6) is -0.218. The van der Waals surface area contributed by atoms with Gasteiger partial charge in [0.05, 0.1) is 10.6 Å². The zero-order chi connectivity index (χ0) is 23.6. The molecule has 2 amide bonds. The van der Waals surface area contributed by atoms with Gasteiger partial charge in [0.2, 0.25) is 5.91 Å². The van der Waals surface area contributed by atoms with Gasteiger partial charge in [0.1, 0.15) is 0 Å². The van der Waals surface area contributed by atoms with Crippen molar-refractivity contribution in [3.05, 3.63) is 83.4 Å². The Morgan fingerprint density at radius 3 is 2.18 bits per heavy atom. The molecule has 33 heavy (non-hydrogen) atoms. The molecule has 0 bridgehead atoms. The molecule has 3 aromatic carbocycles. The van der Waals surface area contributed by atoms with Crippen LogP contribution in [0.5, 0.6) is 0 Å². The van der Waals surface area contributed by atoms with E-state index in [1.165, 1.54) is 31.3 Å². The summed E-state index contributed by atoms with van der Waals surface area (Å²) in [5, 5.41) is 3.26. The van der Waals surface area contributed by atoms with Crippen molar-refractivity contribution in [1.82, 2.24) is 0 Å². The third kappa shape index (κ3) is 4.86. The monoisotopic (exact) mass is 483 g/mol. The van der Waals surface area contributed by atoms with Crippen LogP contribution in [0.15, 0.2) is 77.7 Å². The Bertz CT molecular complexity index is 1270. The molecule has 1 fully saturated rings. The highest BCUT2D eigenvalue weighted by Gasteiger charge is 2.22. The van der Waals surface area contributed by atoms with E-state index in [9.17, 15) is 18.0 Å². The third-order valence-electron chi connectivity index (χ3n) is 5.48. The van der Waals surface area contributed by atoms with E-state index in [1.54, 1.807) is 53.4 Å². The van der Waals surface area contributed by atoms with Gasteiger partial charge in [0, 0.05) is 42.0 Å². The molecule has 1 aliphatic heterocycles. The van der Waals surface area contributed by atoms with Crippen LogP contribution in [-0.4, -0.2) is 33.8 Å².